The molecular weight excluding hydrogens is 402 g/mol. The van der Waals surface area contributed by atoms with Crippen molar-refractivity contribution in [2.75, 3.05) is 10.6 Å². The molecule has 0 fully saturated rings. The van der Waals surface area contributed by atoms with E-state index in [1.54, 1.807) is 41.6 Å². The number of carbonyl (C=O) groups excluding carboxylic acids is 1. The maximum atomic E-state index is 13.4. The molecule has 0 aliphatic carbocycles. The van der Waals surface area contributed by atoms with Crippen molar-refractivity contribution in [2.24, 2.45) is 0 Å². The molecule has 0 radical (unpaired) electrons. The highest BCUT2D eigenvalue weighted by molar-refractivity contribution is 6.05. The summed E-state index contributed by atoms with van der Waals surface area (Å²) in [6, 6.07) is 15.0. The lowest BCUT2D eigenvalue weighted by molar-refractivity contribution is -0.113. The Morgan fingerprint density at radius 3 is 2.62 bits per heavy atom. The predicted octanol–water partition coefficient (Wildman–Crippen LogP) is 3.97. The fourth-order valence-corrected chi connectivity index (χ4v) is 3.85. The van der Waals surface area contributed by atoms with Gasteiger partial charge in [0.25, 0.3) is 5.91 Å². The van der Waals surface area contributed by atoms with E-state index in [-0.39, 0.29) is 5.91 Å². The number of aryl methyl sites for hydroxylation is 1. The molecule has 8 nitrogen and oxygen atoms in total. The number of hydrogen-bond donors (Lipinski definition) is 2. The smallest absolute Gasteiger partial charge is 0.255 e. The minimum atomic E-state index is -0.439. The Hall–Kier alpha value is -4.33. The second kappa shape index (κ2) is 8.07. The SMILES string of the molecule is CC1=C(C(=O)Nc2cccnc2)C(c2cccc(C)c2)n2nc(-c3ccncc3)nc2N1. The van der Waals surface area contributed by atoms with E-state index in [2.05, 4.69) is 31.7 Å². The van der Waals surface area contributed by atoms with E-state index < -0.39 is 6.04 Å². The number of nitrogens with one attached hydrogen (secondary N) is 2. The quantitative estimate of drug-likeness (QED) is 0.515. The van der Waals surface area contributed by atoms with Gasteiger partial charge in [0.2, 0.25) is 5.95 Å². The summed E-state index contributed by atoms with van der Waals surface area (Å²) in [6.45, 7) is 3.91. The average molecular weight is 423 g/mol. The Morgan fingerprint density at radius 2 is 1.88 bits per heavy atom. The van der Waals surface area contributed by atoms with Crippen LogP contribution in [0.1, 0.15) is 24.1 Å². The van der Waals surface area contributed by atoms with Crippen LogP contribution in [0, 0.1) is 6.92 Å². The van der Waals surface area contributed by atoms with Crippen LogP contribution in [0.15, 0.2) is 84.6 Å². The first-order valence-electron chi connectivity index (χ1n) is 10.2. The number of allylic oxidation sites excluding steroid dienone is 1. The summed E-state index contributed by atoms with van der Waals surface area (Å²) in [6.07, 6.45) is 6.70. The number of amides is 1. The zero-order chi connectivity index (χ0) is 22.1. The molecule has 1 aliphatic heterocycles. The largest absolute Gasteiger partial charge is 0.328 e. The standard InChI is InChI=1S/C24H21N7O/c1-15-5-3-6-18(13-15)21-20(23(32)28-19-7-4-10-26-14-19)16(2)27-24-29-22(30-31(21)24)17-8-11-25-12-9-17/h3-14,21H,1-2H3,(H,28,32)(H,27,29,30). The van der Waals surface area contributed by atoms with Gasteiger partial charge in [0.05, 0.1) is 17.5 Å². The molecule has 0 saturated carbocycles. The maximum Gasteiger partial charge on any atom is 0.255 e. The van der Waals surface area contributed by atoms with Crippen molar-refractivity contribution in [2.45, 2.75) is 19.9 Å². The highest BCUT2D eigenvalue weighted by Crippen LogP contribution is 2.37. The molecule has 1 atom stereocenters. The molecule has 0 spiro atoms. The number of fused-ring (bicyclic) bond motifs is 1. The summed E-state index contributed by atoms with van der Waals surface area (Å²) in [5.41, 5.74) is 4.82. The normalized spacial score (nSPS) is 15.1. The van der Waals surface area contributed by atoms with E-state index in [1.165, 1.54) is 0 Å². The van der Waals surface area contributed by atoms with Crippen LogP contribution in [0.5, 0.6) is 0 Å². The molecule has 3 aromatic heterocycles. The van der Waals surface area contributed by atoms with Crippen molar-refractivity contribution >= 4 is 17.5 Å². The van der Waals surface area contributed by atoms with Crippen LogP contribution in [0.25, 0.3) is 11.4 Å². The van der Waals surface area contributed by atoms with E-state index >= 15 is 0 Å². The minimum absolute atomic E-state index is 0.221. The molecule has 8 heteroatoms. The third kappa shape index (κ3) is 3.62. The van der Waals surface area contributed by atoms with Gasteiger partial charge in [-0.2, -0.15) is 4.98 Å². The molecular formula is C24H21N7O. The summed E-state index contributed by atoms with van der Waals surface area (Å²) in [7, 11) is 0. The van der Waals surface area contributed by atoms with E-state index in [0.29, 0.717) is 23.0 Å². The van der Waals surface area contributed by atoms with Crippen LogP contribution in [-0.4, -0.2) is 30.6 Å². The summed E-state index contributed by atoms with van der Waals surface area (Å²) in [5, 5.41) is 11.0. The fraction of sp³-hybridized carbons (Fsp3) is 0.125. The molecule has 1 amide bonds. The van der Waals surface area contributed by atoms with Crippen molar-refractivity contribution in [3.63, 3.8) is 0 Å². The lowest BCUT2D eigenvalue weighted by Gasteiger charge is -2.28. The third-order valence-electron chi connectivity index (χ3n) is 5.31. The van der Waals surface area contributed by atoms with Gasteiger partial charge in [-0.25, -0.2) is 4.68 Å². The van der Waals surface area contributed by atoms with Gasteiger partial charge in [-0.05, 0) is 43.7 Å². The van der Waals surface area contributed by atoms with Crippen molar-refractivity contribution in [3.05, 3.63) is 95.7 Å². The van der Waals surface area contributed by atoms with E-state index in [0.717, 1.165) is 22.4 Å². The Labute approximate surface area is 185 Å². The minimum Gasteiger partial charge on any atom is -0.328 e. The first-order chi connectivity index (χ1) is 15.6. The third-order valence-corrected chi connectivity index (χ3v) is 5.31. The Bertz CT molecular complexity index is 1310. The van der Waals surface area contributed by atoms with Crippen molar-refractivity contribution < 1.29 is 4.79 Å². The monoisotopic (exact) mass is 423 g/mol. The maximum absolute atomic E-state index is 13.4. The number of rotatable bonds is 4. The van der Waals surface area contributed by atoms with Gasteiger partial charge >= 0.3 is 0 Å². The van der Waals surface area contributed by atoms with Gasteiger partial charge < -0.3 is 10.6 Å². The molecule has 5 rings (SSSR count). The van der Waals surface area contributed by atoms with Crippen LogP contribution in [-0.2, 0) is 4.79 Å². The van der Waals surface area contributed by atoms with Gasteiger partial charge in [0, 0.05) is 29.9 Å². The summed E-state index contributed by atoms with van der Waals surface area (Å²) in [5.74, 6) is 0.925. The Kier molecular flexibility index (Phi) is 4.95. The number of nitrogens with zero attached hydrogens (tertiary/aromatic N) is 5. The molecule has 4 aromatic rings. The highest BCUT2D eigenvalue weighted by atomic mass is 16.1. The van der Waals surface area contributed by atoms with Gasteiger partial charge in [-0.1, -0.05) is 29.8 Å². The molecule has 1 aliphatic rings. The van der Waals surface area contributed by atoms with Crippen LogP contribution < -0.4 is 10.6 Å². The zero-order valence-electron chi connectivity index (χ0n) is 17.6. The predicted molar refractivity (Wildman–Crippen MR) is 122 cm³/mol. The topological polar surface area (TPSA) is 97.6 Å². The molecule has 158 valence electrons. The summed E-state index contributed by atoms with van der Waals surface area (Å²) >= 11 is 0. The highest BCUT2D eigenvalue weighted by Gasteiger charge is 2.34. The molecule has 1 aromatic carbocycles. The molecule has 2 N–H and O–H groups in total. The van der Waals surface area contributed by atoms with Crippen LogP contribution in [0.2, 0.25) is 0 Å². The van der Waals surface area contributed by atoms with Crippen molar-refractivity contribution in [1.82, 2.24) is 24.7 Å². The van der Waals surface area contributed by atoms with Crippen molar-refractivity contribution in [3.8, 4) is 11.4 Å². The number of benzene rings is 1. The molecule has 4 heterocycles. The summed E-state index contributed by atoms with van der Waals surface area (Å²) in [4.78, 5) is 26.3. The average Bonchev–Trinajstić information content (AvgIpc) is 3.23. The molecule has 1 unspecified atom stereocenters. The van der Waals surface area contributed by atoms with E-state index in [1.807, 2.05) is 44.2 Å². The zero-order valence-corrected chi connectivity index (χ0v) is 17.6. The summed E-state index contributed by atoms with van der Waals surface area (Å²) < 4.78 is 1.77. The fourth-order valence-electron chi connectivity index (χ4n) is 3.85. The first kappa shape index (κ1) is 19.6. The molecule has 0 bridgehead atoms. The van der Waals surface area contributed by atoms with Crippen LogP contribution in [0.4, 0.5) is 11.6 Å². The van der Waals surface area contributed by atoms with Gasteiger partial charge in [-0.15, -0.1) is 5.10 Å². The molecule has 32 heavy (non-hydrogen) atoms. The lowest BCUT2D eigenvalue weighted by Crippen LogP contribution is -2.31. The second-order valence-corrected chi connectivity index (χ2v) is 7.62. The van der Waals surface area contributed by atoms with Gasteiger partial charge in [-0.3, -0.25) is 14.8 Å². The van der Waals surface area contributed by atoms with E-state index in [9.17, 15) is 4.79 Å². The first-order valence-corrected chi connectivity index (χ1v) is 10.2. The Balaban J connectivity index is 1.62. The number of carbonyl (C=O) groups is 1. The lowest BCUT2D eigenvalue weighted by atomic mass is 9.94. The van der Waals surface area contributed by atoms with Crippen molar-refractivity contribution in [1.29, 1.82) is 0 Å². The van der Waals surface area contributed by atoms with Gasteiger partial charge in [0.1, 0.15) is 6.04 Å². The van der Waals surface area contributed by atoms with Crippen LogP contribution in [0.3, 0.4) is 0 Å². The van der Waals surface area contributed by atoms with Gasteiger partial charge in [0.15, 0.2) is 5.82 Å². The van der Waals surface area contributed by atoms with Crippen LogP contribution >= 0.6 is 0 Å². The van der Waals surface area contributed by atoms with E-state index in [4.69, 9.17) is 5.10 Å². The number of anilines is 2. The number of hydrogen-bond acceptors (Lipinski definition) is 6. The number of pyridine rings is 2. The number of aromatic nitrogens is 5. The Morgan fingerprint density at radius 1 is 1.03 bits per heavy atom. The molecule has 0 saturated heterocycles. The second-order valence-electron chi connectivity index (χ2n) is 7.62.